The summed E-state index contributed by atoms with van der Waals surface area (Å²) in [6, 6.07) is 26.9. The number of carboxylic acids is 1. The summed E-state index contributed by atoms with van der Waals surface area (Å²) in [7, 11) is 1.57. The van der Waals surface area contributed by atoms with Crippen LogP contribution in [0.25, 0.3) is 11.1 Å². The second kappa shape index (κ2) is 13.0. The standard InChI is InChI=1S/C31H29N3O5/c1-39-24-15-13-22(14-16-24)21-34(19-17-29(35)36)31(38)28-12-5-3-10-26(28)25-9-2-4-11-27(25)30(37)33-20-23-8-6-7-18-32-23/h2-16,18H,17,19-21H2,1H3,(H,33,37)(H,35,36). The molecule has 0 aliphatic rings. The van der Waals surface area contributed by atoms with Crippen molar-refractivity contribution in [3.05, 3.63) is 120 Å². The van der Waals surface area contributed by atoms with Gasteiger partial charge < -0.3 is 20.1 Å². The van der Waals surface area contributed by atoms with E-state index < -0.39 is 5.97 Å². The number of hydrogen-bond donors (Lipinski definition) is 2. The van der Waals surface area contributed by atoms with Crippen molar-refractivity contribution in [1.29, 1.82) is 0 Å². The van der Waals surface area contributed by atoms with Gasteiger partial charge in [-0.3, -0.25) is 19.4 Å². The van der Waals surface area contributed by atoms with Crippen molar-refractivity contribution in [2.45, 2.75) is 19.5 Å². The number of benzene rings is 3. The molecule has 0 radical (unpaired) electrons. The first-order valence-corrected chi connectivity index (χ1v) is 12.5. The smallest absolute Gasteiger partial charge is 0.305 e. The summed E-state index contributed by atoms with van der Waals surface area (Å²) in [6.45, 7) is 0.511. The fourth-order valence-electron chi connectivity index (χ4n) is 4.19. The van der Waals surface area contributed by atoms with Gasteiger partial charge in [0.15, 0.2) is 0 Å². The van der Waals surface area contributed by atoms with Gasteiger partial charge in [-0.05, 0) is 53.1 Å². The van der Waals surface area contributed by atoms with Crippen LogP contribution in [0.15, 0.2) is 97.2 Å². The lowest BCUT2D eigenvalue weighted by molar-refractivity contribution is -0.137. The predicted octanol–water partition coefficient (Wildman–Crippen LogP) is 4.80. The van der Waals surface area contributed by atoms with E-state index in [1.54, 1.807) is 67.9 Å². The van der Waals surface area contributed by atoms with Gasteiger partial charge in [-0.1, -0.05) is 54.6 Å². The van der Waals surface area contributed by atoms with Crippen molar-refractivity contribution >= 4 is 17.8 Å². The van der Waals surface area contributed by atoms with Crippen LogP contribution in [0, 0.1) is 0 Å². The molecule has 0 aliphatic carbocycles. The molecule has 8 heteroatoms. The first-order chi connectivity index (χ1) is 19.0. The van der Waals surface area contributed by atoms with Crippen LogP contribution in [0.4, 0.5) is 0 Å². The summed E-state index contributed by atoms with van der Waals surface area (Å²) in [5.41, 5.74) is 3.54. The normalized spacial score (nSPS) is 10.5. The third kappa shape index (κ3) is 7.07. The van der Waals surface area contributed by atoms with E-state index in [0.717, 1.165) is 11.3 Å². The molecule has 3 aromatic carbocycles. The number of carbonyl (C=O) groups is 3. The topological polar surface area (TPSA) is 109 Å². The summed E-state index contributed by atoms with van der Waals surface area (Å²) in [5, 5.41) is 12.2. The Morgan fingerprint density at radius 3 is 2.13 bits per heavy atom. The number of nitrogens with zero attached hydrogens (tertiary/aromatic N) is 2. The Balaban J connectivity index is 1.64. The first kappa shape index (κ1) is 27.1. The Morgan fingerprint density at radius 1 is 0.846 bits per heavy atom. The van der Waals surface area contributed by atoms with Crippen LogP contribution >= 0.6 is 0 Å². The van der Waals surface area contributed by atoms with Crippen molar-refractivity contribution in [2.75, 3.05) is 13.7 Å². The van der Waals surface area contributed by atoms with Gasteiger partial charge in [-0.2, -0.15) is 0 Å². The number of aliphatic carboxylic acids is 1. The average molecular weight is 524 g/mol. The zero-order valence-corrected chi connectivity index (χ0v) is 21.5. The monoisotopic (exact) mass is 523 g/mol. The Bertz CT molecular complexity index is 1440. The number of amides is 2. The van der Waals surface area contributed by atoms with Crippen LogP contribution in [0.1, 0.15) is 38.4 Å². The number of pyridine rings is 1. The number of aromatic nitrogens is 1. The zero-order valence-electron chi connectivity index (χ0n) is 21.5. The van der Waals surface area contributed by atoms with Crippen molar-refractivity contribution in [1.82, 2.24) is 15.2 Å². The van der Waals surface area contributed by atoms with Gasteiger partial charge in [-0.25, -0.2) is 0 Å². The lowest BCUT2D eigenvalue weighted by Crippen LogP contribution is -2.33. The number of rotatable bonds is 11. The Labute approximate surface area is 226 Å². The first-order valence-electron chi connectivity index (χ1n) is 12.5. The van der Waals surface area contributed by atoms with Crippen LogP contribution in [-0.4, -0.2) is 46.4 Å². The minimum absolute atomic E-state index is 0.0285. The molecule has 39 heavy (non-hydrogen) atoms. The van der Waals surface area contributed by atoms with Crippen LogP contribution < -0.4 is 10.1 Å². The van der Waals surface area contributed by atoms with Gasteiger partial charge in [0, 0.05) is 30.4 Å². The van der Waals surface area contributed by atoms with Gasteiger partial charge >= 0.3 is 5.97 Å². The Hall–Kier alpha value is -4.98. The average Bonchev–Trinajstić information content (AvgIpc) is 2.98. The molecule has 0 saturated heterocycles. The van der Waals surface area contributed by atoms with E-state index in [1.807, 2.05) is 36.4 Å². The summed E-state index contributed by atoms with van der Waals surface area (Å²) >= 11 is 0. The maximum absolute atomic E-state index is 13.9. The van der Waals surface area contributed by atoms with Crippen molar-refractivity contribution < 1.29 is 24.2 Å². The molecule has 2 amide bonds. The molecule has 4 rings (SSSR count). The van der Waals surface area contributed by atoms with Gasteiger partial charge in [0.25, 0.3) is 11.8 Å². The summed E-state index contributed by atoms with van der Waals surface area (Å²) in [6.07, 6.45) is 1.47. The highest BCUT2D eigenvalue weighted by molar-refractivity contribution is 6.06. The molecule has 2 N–H and O–H groups in total. The van der Waals surface area contributed by atoms with Crippen molar-refractivity contribution in [3.63, 3.8) is 0 Å². The highest BCUT2D eigenvalue weighted by Crippen LogP contribution is 2.29. The number of ether oxygens (including phenoxy) is 1. The Kier molecular flexibility index (Phi) is 9.03. The maximum Gasteiger partial charge on any atom is 0.305 e. The van der Waals surface area contributed by atoms with Crippen LogP contribution in [-0.2, 0) is 17.9 Å². The van der Waals surface area contributed by atoms with E-state index >= 15 is 0 Å². The van der Waals surface area contributed by atoms with Gasteiger partial charge in [-0.15, -0.1) is 0 Å². The van der Waals surface area contributed by atoms with Crippen LogP contribution in [0.5, 0.6) is 5.75 Å². The number of methoxy groups -OCH3 is 1. The fourth-order valence-corrected chi connectivity index (χ4v) is 4.19. The molecule has 1 aromatic heterocycles. The number of hydrogen-bond acceptors (Lipinski definition) is 5. The Morgan fingerprint density at radius 2 is 1.49 bits per heavy atom. The fraction of sp³-hybridized carbons (Fsp3) is 0.161. The molecule has 0 unspecified atom stereocenters. The lowest BCUT2D eigenvalue weighted by Gasteiger charge is -2.24. The van der Waals surface area contributed by atoms with E-state index in [-0.39, 0.29) is 37.9 Å². The zero-order chi connectivity index (χ0) is 27.6. The van der Waals surface area contributed by atoms with Crippen LogP contribution in [0.2, 0.25) is 0 Å². The summed E-state index contributed by atoms with van der Waals surface area (Å²) in [5.74, 6) is -0.929. The SMILES string of the molecule is COc1ccc(CN(CCC(=O)O)C(=O)c2ccccc2-c2ccccc2C(=O)NCc2ccccn2)cc1. The molecule has 8 nitrogen and oxygen atoms in total. The number of nitrogens with one attached hydrogen (secondary N) is 1. The number of carbonyl (C=O) groups excluding carboxylic acids is 2. The summed E-state index contributed by atoms with van der Waals surface area (Å²) in [4.78, 5) is 44.2. The van der Waals surface area contributed by atoms with E-state index in [2.05, 4.69) is 10.3 Å². The summed E-state index contributed by atoms with van der Waals surface area (Å²) < 4.78 is 5.21. The number of carboxylic acid groups (broad SMARTS) is 1. The minimum atomic E-state index is -0.995. The van der Waals surface area contributed by atoms with Gasteiger partial charge in [0.1, 0.15) is 5.75 Å². The molecule has 0 saturated carbocycles. The predicted molar refractivity (Wildman–Crippen MR) is 147 cm³/mol. The molecule has 0 fully saturated rings. The molecule has 0 spiro atoms. The van der Waals surface area contributed by atoms with E-state index in [1.165, 1.54) is 4.90 Å². The molecule has 198 valence electrons. The van der Waals surface area contributed by atoms with Crippen LogP contribution in [0.3, 0.4) is 0 Å². The molecule has 4 aromatic rings. The van der Waals surface area contributed by atoms with Gasteiger partial charge in [0.05, 0.1) is 25.8 Å². The second-order valence-electron chi connectivity index (χ2n) is 8.81. The largest absolute Gasteiger partial charge is 0.497 e. The van der Waals surface area contributed by atoms with E-state index in [0.29, 0.717) is 28.0 Å². The molecular weight excluding hydrogens is 494 g/mol. The molecule has 0 atom stereocenters. The van der Waals surface area contributed by atoms with Crippen molar-refractivity contribution in [3.8, 4) is 16.9 Å². The quantitative estimate of drug-likeness (QED) is 0.292. The van der Waals surface area contributed by atoms with Gasteiger partial charge in [0.2, 0.25) is 0 Å². The highest BCUT2D eigenvalue weighted by atomic mass is 16.5. The third-order valence-electron chi connectivity index (χ3n) is 6.19. The third-order valence-corrected chi connectivity index (χ3v) is 6.19. The second-order valence-corrected chi connectivity index (χ2v) is 8.81. The lowest BCUT2D eigenvalue weighted by atomic mass is 9.94. The minimum Gasteiger partial charge on any atom is -0.497 e. The maximum atomic E-state index is 13.9. The molecular formula is C31H29N3O5. The van der Waals surface area contributed by atoms with Crippen molar-refractivity contribution in [2.24, 2.45) is 0 Å². The molecule has 1 heterocycles. The molecule has 0 aliphatic heterocycles. The van der Waals surface area contributed by atoms with E-state index in [9.17, 15) is 19.5 Å². The molecule has 0 bridgehead atoms. The highest BCUT2D eigenvalue weighted by Gasteiger charge is 2.23. The van der Waals surface area contributed by atoms with E-state index in [4.69, 9.17) is 4.74 Å².